The number of aryl methyl sites for hydroxylation is 1. The van der Waals surface area contributed by atoms with Gasteiger partial charge < -0.3 is 9.88 Å². The fourth-order valence-corrected chi connectivity index (χ4v) is 3.96. The third-order valence-corrected chi connectivity index (χ3v) is 5.56. The highest BCUT2D eigenvalue weighted by atomic mass is 32.1. The van der Waals surface area contributed by atoms with Gasteiger partial charge in [0, 0.05) is 35.9 Å². The first kappa shape index (κ1) is 19.9. The monoisotopic (exact) mass is 424 g/mol. The molecule has 0 bridgehead atoms. The third-order valence-electron chi connectivity index (χ3n) is 4.62. The van der Waals surface area contributed by atoms with Gasteiger partial charge in [-0.05, 0) is 30.3 Å². The van der Waals surface area contributed by atoms with Crippen molar-refractivity contribution in [2.75, 3.05) is 0 Å². The standard InChI is InChI=1S/C22H18F2N4OS/c1-28-11-10-25-21(28)20(17-4-2-3-5-18(17)24)27-19(29)12-16-13-30-22(26-16)14-6-8-15(23)9-7-14/h2-11,13,20H,12H2,1H3,(H,27,29). The summed E-state index contributed by atoms with van der Waals surface area (Å²) >= 11 is 1.38. The van der Waals surface area contributed by atoms with Crippen LogP contribution in [0.5, 0.6) is 0 Å². The second kappa shape index (κ2) is 8.54. The normalized spacial score (nSPS) is 12.0. The predicted octanol–water partition coefficient (Wildman–Crippen LogP) is 4.27. The number of nitrogens with one attached hydrogen (secondary N) is 1. The van der Waals surface area contributed by atoms with E-state index in [0.717, 1.165) is 5.56 Å². The molecule has 30 heavy (non-hydrogen) atoms. The minimum Gasteiger partial charge on any atom is -0.342 e. The summed E-state index contributed by atoms with van der Waals surface area (Å²) < 4.78 is 29.3. The number of carbonyl (C=O) groups is 1. The Bertz CT molecular complexity index is 1170. The van der Waals surface area contributed by atoms with E-state index in [4.69, 9.17) is 0 Å². The Labute approximate surface area is 176 Å². The third kappa shape index (κ3) is 4.28. The van der Waals surface area contributed by atoms with E-state index >= 15 is 0 Å². The fraction of sp³-hybridized carbons (Fsp3) is 0.136. The number of halogens is 2. The molecule has 2 aromatic heterocycles. The quantitative estimate of drug-likeness (QED) is 0.503. The van der Waals surface area contributed by atoms with Gasteiger partial charge in [-0.1, -0.05) is 18.2 Å². The smallest absolute Gasteiger partial charge is 0.226 e. The molecule has 1 N–H and O–H groups in total. The van der Waals surface area contributed by atoms with E-state index in [1.54, 1.807) is 59.7 Å². The number of amides is 1. The average Bonchev–Trinajstić information content (AvgIpc) is 3.36. The number of thiazole rings is 1. The molecular weight excluding hydrogens is 406 g/mol. The number of nitrogens with zero attached hydrogens (tertiary/aromatic N) is 3. The Morgan fingerprint density at radius 1 is 1.17 bits per heavy atom. The molecule has 0 spiro atoms. The summed E-state index contributed by atoms with van der Waals surface area (Å²) in [6.07, 6.45) is 3.38. The van der Waals surface area contributed by atoms with Gasteiger partial charge in [-0.15, -0.1) is 11.3 Å². The van der Waals surface area contributed by atoms with Crippen LogP contribution < -0.4 is 5.32 Å². The molecule has 1 atom stereocenters. The highest BCUT2D eigenvalue weighted by Gasteiger charge is 2.24. The summed E-state index contributed by atoms with van der Waals surface area (Å²) in [6, 6.07) is 11.6. The summed E-state index contributed by atoms with van der Waals surface area (Å²) in [5.41, 5.74) is 1.71. The van der Waals surface area contributed by atoms with Crippen molar-refractivity contribution in [3.05, 3.63) is 95.0 Å². The van der Waals surface area contributed by atoms with Crippen molar-refractivity contribution in [1.82, 2.24) is 19.9 Å². The lowest BCUT2D eigenvalue weighted by molar-refractivity contribution is -0.121. The molecule has 2 aromatic carbocycles. The number of hydrogen-bond acceptors (Lipinski definition) is 4. The summed E-state index contributed by atoms with van der Waals surface area (Å²) in [5.74, 6) is -0.512. The first-order valence-electron chi connectivity index (χ1n) is 9.22. The SMILES string of the molecule is Cn1ccnc1C(NC(=O)Cc1csc(-c2ccc(F)cc2)n1)c1ccccc1F. The summed E-state index contributed by atoms with van der Waals surface area (Å²) in [7, 11) is 1.79. The lowest BCUT2D eigenvalue weighted by Crippen LogP contribution is -2.32. The number of hydrogen-bond donors (Lipinski definition) is 1. The second-order valence-corrected chi connectivity index (χ2v) is 7.60. The molecule has 0 aliphatic heterocycles. The lowest BCUT2D eigenvalue weighted by Gasteiger charge is -2.19. The van der Waals surface area contributed by atoms with Crippen LogP contribution in [-0.2, 0) is 18.3 Å². The highest BCUT2D eigenvalue weighted by Crippen LogP contribution is 2.25. The van der Waals surface area contributed by atoms with Crippen LogP contribution in [0.4, 0.5) is 8.78 Å². The first-order valence-corrected chi connectivity index (χ1v) is 10.1. The molecule has 1 unspecified atom stereocenters. The fourth-order valence-electron chi connectivity index (χ4n) is 3.14. The van der Waals surface area contributed by atoms with Crippen LogP contribution in [0.3, 0.4) is 0 Å². The van der Waals surface area contributed by atoms with Crippen LogP contribution in [0, 0.1) is 11.6 Å². The zero-order chi connectivity index (χ0) is 21.1. The molecule has 152 valence electrons. The van der Waals surface area contributed by atoms with Crippen molar-refractivity contribution in [3.63, 3.8) is 0 Å². The van der Waals surface area contributed by atoms with Crippen LogP contribution in [-0.4, -0.2) is 20.4 Å². The second-order valence-electron chi connectivity index (χ2n) is 6.75. The number of imidazole rings is 1. The molecule has 0 saturated heterocycles. The van der Waals surface area contributed by atoms with E-state index in [9.17, 15) is 13.6 Å². The van der Waals surface area contributed by atoms with E-state index in [-0.39, 0.29) is 18.1 Å². The lowest BCUT2D eigenvalue weighted by atomic mass is 10.0. The molecule has 0 aliphatic rings. The summed E-state index contributed by atoms with van der Waals surface area (Å²) in [6.45, 7) is 0. The molecule has 4 rings (SSSR count). The van der Waals surface area contributed by atoms with E-state index in [2.05, 4.69) is 15.3 Å². The number of aromatic nitrogens is 3. The van der Waals surface area contributed by atoms with Crippen LogP contribution in [0.1, 0.15) is 23.1 Å². The van der Waals surface area contributed by atoms with Crippen molar-refractivity contribution in [3.8, 4) is 10.6 Å². The van der Waals surface area contributed by atoms with Gasteiger partial charge in [-0.2, -0.15) is 0 Å². The van der Waals surface area contributed by atoms with Gasteiger partial charge >= 0.3 is 0 Å². The average molecular weight is 424 g/mol. The van der Waals surface area contributed by atoms with E-state index in [1.807, 2.05) is 0 Å². The van der Waals surface area contributed by atoms with E-state index in [1.165, 1.54) is 29.5 Å². The van der Waals surface area contributed by atoms with Gasteiger partial charge in [-0.3, -0.25) is 4.79 Å². The van der Waals surface area contributed by atoms with Gasteiger partial charge in [0.2, 0.25) is 5.91 Å². The van der Waals surface area contributed by atoms with Crippen molar-refractivity contribution in [2.24, 2.45) is 7.05 Å². The van der Waals surface area contributed by atoms with Gasteiger partial charge in [0.05, 0.1) is 12.1 Å². The van der Waals surface area contributed by atoms with Crippen LogP contribution in [0.25, 0.3) is 10.6 Å². The number of carbonyl (C=O) groups excluding carboxylic acids is 1. The minimum absolute atomic E-state index is 0.0348. The van der Waals surface area contributed by atoms with Crippen LogP contribution in [0.2, 0.25) is 0 Å². The van der Waals surface area contributed by atoms with Gasteiger partial charge in [0.1, 0.15) is 28.5 Å². The highest BCUT2D eigenvalue weighted by molar-refractivity contribution is 7.13. The molecule has 0 fully saturated rings. The maximum atomic E-state index is 14.4. The molecule has 0 radical (unpaired) electrons. The number of rotatable bonds is 6. The predicted molar refractivity (Wildman–Crippen MR) is 111 cm³/mol. The summed E-state index contributed by atoms with van der Waals surface area (Å²) in [5, 5.41) is 5.37. The van der Waals surface area contributed by atoms with Gasteiger partial charge in [-0.25, -0.2) is 18.7 Å². The van der Waals surface area contributed by atoms with Crippen LogP contribution in [0.15, 0.2) is 66.3 Å². The van der Waals surface area contributed by atoms with Crippen molar-refractivity contribution >= 4 is 17.2 Å². The first-order chi connectivity index (χ1) is 14.5. The van der Waals surface area contributed by atoms with Crippen molar-refractivity contribution in [2.45, 2.75) is 12.5 Å². The van der Waals surface area contributed by atoms with Gasteiger partial charge in [0.15, 0.2) is 0 Å². The van der Waals surface area contributed by atoms with Gasteiger partial charge in [0.25, 0.3) is 0 Å². The van der Waals surface area contributed by atoms with E-state index < -0.39 is 11.9 Å². The summed E-state index contributed by atoms with van der Waals surface area (Å²) in [4.78, 5) is 21.5. The molecule has 0 aliphatic carbocycles. The topological polar surface area (TPSA) is 59.8 Å². The molecule has 4 aromatic rings. The van der Waals surface area contributed by atoms with E-state index in [0.29, 0.717) is 22.1 Å². The Morgan fingerprint density at radius 3 is 2.63 bits per heavy atom. The molecule has 8 heteroatoms. The molecule has 1 amide bonds. The van der Waals surface area contributed by atoms with Crippen molar-refractivity contribution in [1.29, 1.82) is 0 Å². The largest absolute Gasteiger partial charge is 0.342 e. The molecule has 5 nitrogen and oxygen atoms in total. The van der Waals surface area contributed by atoms with Crippen molar-refractivity contribution < 1.29 is 13.6 Å². The molecule has 0 saturated carbocycles. The zero-order valence-corrected chi connectivity index (χ0v) is 16.9. The molecule has 2 heterocycles. The Kier molecular flexibility index (Phi) is 5.67. The Morgan fingerprint density at radius 2 is 1.93 bits per heavy atom. The molecular formula is C22H18F2N4OS. The maximum absolute atomic E-state index is 14.4. The maximum Gasteiger partial charge on any atom is 0.226 e. The minimum atomic E-state index is -0.728. The number of benzene rings is 2. The Balaban J connectivity index is 1.53. The Hall–Kier alpha value is -3.39. The van der Waals surface area contributed by atoms with Crippen LogP contribution >= 0.6 is 11.3 Å². The zero-order valence-electron chi connectivity index (χ0n) is 16.0.